The lowest BCUT2D eigenvalue weighted by molar-refractivity contribution is 0.115. The first-order chi connectivity index (χ1) is 8.10. The van der Waals surface area contributed by atoms with Gasteiger partial charge in [-0.25, -0.2) is 4.39 Å². The lowest BCUT2D eigenvalue weighted by Gasteiger charge is -2.30. The van der Waals surface area contributed by atoms with E-state index in [1.165, 1.54) is 0 Å². The van der Waals surface area contributed by atoms with Gasteiger partial charge in [0.2, 0.25) is 0 Å². The van der Waals surface area contributed by atoms with Crippen molar-refractivity contribution in [2.24, 2.45) is 5.73 Å². The van der Waals surface area contributed by atoms with Crippen molar-refractivity contribution in [3.8, 4) is 0 Å². The summed E-state index contributed by atoms with van der Waals surface area (Å²) in [5.41, 5.74) is 6.58. The molecule has 1 fully saturated rings. The van der Waals surface area contributed by atoms with Gasteiger partial charge in [-0.05, 0) is 50.4 Å². The molecule has 0 radical (unpaired) electrons. The maximum Gasteiger partial charge on any atom is 0.138 e. The highest BCUT2D eigenvalue weighted by molar-refractivity contribution is 5.29. The fourth-order valence-electron chi connectivity index (χ4n) is 2.46. The Kier molecular flexibility index (Phi) is 3.79. The quantitative estimate of drug-likeness (QED) is 0.843. The fraction of sp³-hybridized carbons (Fsp3) is 0.571. The minimum Gasteiger partial charge on any atom is -0.328 e. The highest BCUT2D eigenvalue weighted by atomic mass is 19.1. The van der Waals surface area contributed by atoms with Crippen LogP contribution >= 0.6 is 0 Å². The van der Waals surface area contributed by atoms with E-state index in [4.69, 9.17) is 5.73 Å². The van der Waals surface area contributed by atoms with E-state index in [0.717, 1.165) is 30.6 Å². The Morgan fingerprint density at radius 1 is 1.41 bits per heavy atom. The van der Waals surface area contributed by atoms with Crippen molar-refractivity contribution in [3.63, 3.8) is 0 Å². The van der Waals surface area contributed by atoms with Gasteiger partial charge in [0, 0.05) is 6.04 Å². The molecule has 0 aliphatic carbocycles. The fourth-order valence-corrected chi connectivity index (χ4v) is 2.46. The maximum absolute atomic E-state index is 14.8. The van der Waals surface area contributed by atoms with Crippen LogP contribution in [-0.2, 0) is 12.1 Å². The second kappa shape index (κ2) is 5.15. The van der Waals surface area contributed by atoms with Gasteiger partial charge in [0.05, 0.1) is 0 Å². The Morgan fingerprint density at radius 2 is 2.12 bits per heavy atom. The number of hydrogen-bond acceptors (Lipinski definition) is 2. The smallest absolute Gasteiger partial charge is 0.138 e. The predicted molar refractivity (Wildman–Crippen MR) is 68.7 cm³/mol. The SMILES string of the molecule is CC(N)Cc1cccc(C2(F)CCNCC2)c1. The molecule has 2 rings (SSSR count). The summed E-state index contributed by atoms with van der Waals surface area (Å²) in [5, 5.41) is 3.20. The molecule has 0 saturated carbocycles. The van der Waals surface area contributed by atoms with Crippen LogP contribution in [0, 0.1) is 0 Å². The van der Waals surface area contributed by atoms with Gasteiger partial charge >= 0.3 is 0 Å². The van der Waals surface area contributed by atoms with Crippen LogP contribution in [0.3, 0.4) is 0 Å². The van der Waals surface area contributed by atoms with E-state index >= 15 is 0 Å². The molecule has 2 nitrogen and oxygen atoms in total. The zero-order valence-electron chi connectivity index (χ0n) is 10.4. The largest absolute Gasteiger partial charge is 0.328 e. The Morgan fingerprint density at radius 3 is 2.76 bits per heavy atom. The van der Waals surface area contributed by atoms with Crippen LogP contribution in [0.4, 0.5) is 4.39 Å². The van der Waals surface area contributed by atoms with Crippen molar-refractivity contribution < 1.29 is 4.39 Å². The molecule has 0 amide bonds. The number of benzene rings is 1. The van der Waals surface area contributed by atoms with E-state index < -0.39 is 5.67 Å². The Bertz CT molecular complexity index is 370. The molecule has 1 unspecified atom stereocenters. The maximum atomic E-state index is 14.8. The third kappa shape index (κ3) is 3.05. The van der Waals surface area contributed by atoms with Gasteiger partial charge in [-0.2, -0.15) is 0 Å². The minimum absolute atomic E-state index is 0.119. The zero-order valence-corrected chi connectivity index (χ0v) is 10.4. The summed E-state index contributed by atoms with van der Waals surface area (Å²) in [6, 6.07) is 7.96. The minimum atomic E-state index is -1.15. The van der Waals surface area contributed by atoms with Crippen molar-refractivity contribution in [3.05, 3.63) is 35.4 Å². The molecule has 0 spiro atoms. The van der Waals surface area contributed by atoms with E-state index in [1.807, 2.05) is 31.2 Å². The molecule has 1 aliphatic rings. The molecule has 1 aromatic rings. The van der Waals surface area contributed by atoms with Gasteiger partial charge < -0.3 is 11.1 Å². The summed E-state index contributed by atoms with van der Waals surface area (Å²) in [5.74, 6) is 0. The molecular formula is C14H21FN2. The van der Waals surface area contributed by atoms with Crippen LogP contribution in [0.5, 0.6) is 0 Å². The molecule has 94 valence electrons. The number of halogens is 1. The van der Waals surface area contributed by atoms with E-state index in [-0.39, 0.29) is 6.04 Å². The number of hydrogen-bond donors (Lipinski definition) is 2. The average Bonchev–Trinajstić information content (AvgIpc) is 2.29. The first-order valence-electron chi connectivity index (χ1n) is 6.35. The highest BCUT2D eigenvalue weighted by Gasteiger charge is 2.33. The van der Waals surface area contributed by atoms with Gasteiger partial charge in [0.15, 0.2) is 0 Å². The monoisotopic (exact) mass is 236 g/mol. The number of rotatable bonds is 3. The van der Waals surface area contributed by atoms with Crippen molar-refractivity contribution in [1.29, 1.82) is 0 Å². The Hall–Kier alpha value is -0.930. The van der Waals surface area contributed by atoms with E-state index in [1.54, 1.807) is 0 Å². The second-order valence-corrected chi connectivity index (χ2v) is 5.10. The topological polar surface area (TPSA) is 38.0 Å². The first kappa shape index (κ1) is 12.5. The van der Waals surface area contributed by atoms with Crippen molar-refractivity contribution >= 4 is 0 Å². The summed E-state index contributed by atoms with van der Waals surface area (Å²) in [6.07, 6.45) is 1.94. The van der Waals surface area contributed by atoms with Crippen LogP contribution in [0.15, 0.2) is 24.3 Å². The molecule has 1 aromatic carbocycles. The van der Waals surface area contributed by atoms with E-state index in [9.17, 15) is 4.39 Å². The summed E-state index contributed by atoms with van der Waals surface area (Å²) in [7, 11) is 0. The highest BCUT2D eigenvalue weighted by Crippen LogP contribution is 2.35. The number of nitrogens with one attached hydrogen (secondary N) is 1. The van der Waals surface area contributed by atoms with Crippen LogP contribution in [0.25, 0.3) is 0 Å². The predicted octanol–water partition coefficient (Wildman–Crippen LogP) is 2.12. The Labute approximate surface area is 102 Å². The molecule has 1 saturated heterocycles. The summed E-state index contributed by atoms with van der Waals surface area (Å²) in [6.45, 7) is 3.49. The lowest BCUT2D eigenvalue weighted by atomic mass is 9.85. The van der Waals surface area contributed by atoms with E-state index in [2.05, 4.69) is 5.32 Å². The Balaban J connectivity index is 2.19. The van der Waals surface area contributed by atoms with Gasteiger partial charge in [0.25, 0.3) is 0 Å². The molecule has 0 bridgehead atoms. The van der Waals surface area contributed by atoms with Crippen molar-refractivity contribution in [1.82, 2.24) is 5.32 Å². The number of alkyl halides is 1. The average molecular weight is 236 g/mol. The summed E-state index contributed by atoms with van der Waals surface area (Å²) < 4.78 is 14.8. The van der Waals surface area contributed by atoms with Gasteiger partial charge in [-0.3, -0.25) is 0 Å². The van der Waals surface area contributed by atoms with Gasteiger partial charge in [-0.1, -0.05) is 24.3 Å². The summed E-state index contributed by atoms with van der Waals surface area (Å²) in [4.78, 5) is 0. The molecule has 3 heteroatoms. The third-order valence-electron chi connectivity index (χ3n) is 3.40. The summed E-state index contributed by atoms with van der Waals surface area (Å²) >= 11 is 0. The van der Waals surface area contributed by atoms with E-state index in [0.29, 0.717) is 12.8 Å². The van der Waals surface area contributed by atoms with Crippen LogP contribution in [-0.4, -0.2) is 19.1 Å². The van der Waals surface area contributed by atoms with Crippen molar-refractivity contribution in [2.75, 3.05) is 13.1 Å². The second-order valence-electron chi connectivity index (χ2n) is 5.10. The molecule has 0 aromatic heterocycles. The molecule has 3 N–H and O–H groups in total. The lowest BCUT2D eigenvalue weighted by Crippen LogP contribution is -2.36. The van der Waals surface area contributed by atoms with Gasteiger partial charge in [0.1, 0.15) is 5.67 Å². The normalized spacial score (nSPS) is 21.1. The van der Waals surface area contributed by atoms with Crippen LogP contribution in [0.2, 0.25) is 0 Å². The standard InChI is InChI=1S/C14H21FN2/c1-11(16)9-12-3-2-4-13(10-12)14(15)5-7-17-8-6-14/h2-4,10-11,17H,5-9,16H2,1H3. The molecule has 1 atom stereocenters. The number of nitrogens with two attached hydrogens (primary N) is 1. The third-order valence-corrected chi connectivity index (χ3v) is 3.40. The molecule has 17 heavy (non-hydrogen) atoms. The molecule has 1 heterocycles. The van der Waals surface area contributed by atoms with Crippen molar-refractivity contribution in [2.45, 2.75) is 37.9 Å². The molecular weight excluding hydrogens is 215 g/mol. The van der Waals surface area contributed by atoms with Crippen LogP contribution in [0.1, 0.15) is 30.9 Å². The zero-order chi connectivity index (χ0) is 12.3. The van der Waals surface area contributed by atoms with Gasteiger partial charge in [-0.15, -0.1) is 0 Å². The number of piperidine rings is 1. The van der Waals surface area contributed by atoms with Crippen LogP contribution < -0.4 is 11.1 Å². The molecule has 1 aliphatic heterocycles. The first-order valence-corrected chi connectivity index (χ1v) is 6.35.